The fourth-order valence-electron chi connectivity index (χ4n) is 4.95. The van der Waals surface area contributed by atoms with E-state index < -0.39 is 5.60 Å². The summed E-state index contributed by atoms with van der Waals surface area (Å²) in [5.74, 6) is 0. The van der Waals surface area contributed by atoms with Crippen molar-refractivity contribution in [3.63, 3.8) is 0 Å². The summed E-state index contributed by atoms with van der Waals surface area (Å²) in [6.45, 7) is 10.2. The number of nitrogens with zero attached hydrogens (tertiary/aromatic N) is 4. The third-order valence-corrected chi connectivity index (χ3v) is 6.74. The van der Waals surface area contributed by atoms with Gasteiger partial charge in [-0.25, -0.2) is 4.79 Å². The van der Waals surface area contributed by atoms with E-state index in [0.29, 0.717) is 26.2 Å². The van der Waals surface area contributed by atoms with Crippen LogP contribution in [0, 0.1) is 0 Å². The van der Waals surface area contributed by atoms with Gasteiger partial charge in [0.05, 0.1) is 5.52 Å². The highest BCUT2D eigenvalue weighted by Gasteiger charge is 2.31. The Morgan fingerprint density at radius 3 is 2.72 bits per heavy atom. The van der Waals surface area contributed by atoms with Gasteiger partial charge in [-0.05, 0) is 69.9 Å². The van der Waals surface area contributed by atoms with Crippen molar-refractivity contribution in [2.45, 2.75) is 71.7 Å². The maximum atomic E-state index is 13.4. The maximum absolute atomic E-state index is 13.4. The van der Waals surface area contributed by atoms with Crippen molar-refractivity contribution in [3.8, 4) is 0 Å². The minimum absolute atomic E-state index is 0.0671. The van der Waals surface area contributed by atoms with E-state index in [1.165, 1.54) is 0 Å². The van der Waals surface area contributed by atoms with Gasteiger partial charge in [0.2, 0.25) is 0 Å². The predicted molar refractivity (Wildman–Crippen MR) is 143 cm³/mol. The van der Waals surface area contributed by atoms with Crippen LogP contribution < -0.4 is 5.43 Å². The fraction of sp³-hybridized carbons (Fsp3) is 0.483. The lowest BCUT2D eigenvalue weighted by molar-refractivity contribution is 0.00889. The zero-order chi connectivity index (χ0) is 25.9. The number of rotatable bonds is 6. The number of amides is 1. The van der Waals surface area contributed by atoms with Gasteiger partial charge in [0.25, 0.3) is 0 Å². The van der Waals surface area contributed by atoms with E-state index in [-0.39, 0.29) is 17.6 Å². The van der Waals surface area contributed by atoms with E-state index in [4.69, 9.17) is 4.74 Å². The predicted octanol–water partition coefficient (Wildman–Crippen LogP) is 4.90. The van der Waals surface area contributed by atoms with E-state index >= 15 is 0 Å². The summed E-state index contributed by atoms with van der Waals surface area (Å²) in [4.78, 5) is 34.9. The molecule has 1 aliphatic rings. The van der Waals surface area contributed by atoms with E-state index in [9.17, 15) is 9.59 Å². The Morgan fingerprint density at radius 2 is 1.97 bits per heavy atom. The molecule has 0 radical (unpaired) electrons. The monoisotopic (exact) mass is 490 g/mol. The number of likely N-dealkylation sites (tertiary alicyclic amines) is 1. The average Bonchev–Trinajstić information content (AvgIpc) is 2.86. The van der Waals surface area contributed by atoms with Gasteiger partial charge in [0.1, 0.15) is 5.60 Å². The molecule has 1 aliphatic heterocycles. The second-order valence-corrected chi connectivity index (χ2v) is 10.7. The number of fused-ring (bicyclic) bond motifs is 1. The summed E-state index contributed by atoms with van der Waals surface area (Å²) >= 11 is 0. The van der Waals surface area contributed by atoms with Gasteiger partial charge in [-0.15, -0.1) is 0 Å². The van der Waals surface area contributed by atoms with Crippen molar-refractivity contribution in [2.75, 3.05) is 13.1 Å². The summed E-state index contributed by atoms with van der Waals surface area (Å²) in [5.41, 5.74) is 3.43. The Kier molecular flexibility index (Phi) is 7.79. The van der Waals surface area contributed by atoms with Crippen molar-refractivity contribution >= 4 is 17.0 Å². The number of carbonyl (C=O) groups is 1. The molecule has 1 amide bonds. The van der Waals surface area contributed by atoms with Crippen molar-refractivity contribution in [1.29, 1.82) is 0 Å². The molecule has 192 valence electrons. The van der Waals surface area contributed by atoms with E-state index in [1.807, 2.05) is 80.0 Å². The van der Waals surface area contributed by atoms with Gasteiger partial charge in [-0.3, -0.25) is 14.7 Å². The molecule has 0 bridgehead atoms. The normalized spacial score (nSPS) is 16.5. The summed E-state index contributed by atoms with van der Waals surface area (Å²) < 4.78 is 7.69. The van der Waals surface area contributed by atoms with Gasteiger partial charge in [-0.1, -0.05) is 19.1 Å². The Morgan fingerprint density at radius 1 is 1.19 bits per heavy atom. The topological polar surface area (TPSA) is 67.7 Å². The molecule has 3 heterocycles. The number of aryl methyl sites for hydroxylation is 2. The smallest absolute Gasteiger partial charge is 0.410 e. The summed E-state index contributed by atoms with van der Waals surface area (Å²) in [5, 5.41) is 0.730. The van der Waals surface area contributed by atoms with Crippen LogP contribution in [0.4, 0.5) is 4.79 Å². The molecule has 4 rings (SSSR count). The summed E-state index contributed by atoms with van der Waals surface area (Å²) in [6, 6.07) is 12.0. The molecule has 3 aromatic rings. The fourth-order valence-corrected chi connectivity index (χ4v) is 4.95. The van der Waals surface area contributed by atoms with E-state index in [1.54, 1.807) is 0 Å². The minimum atomic E-state index is -0.533. The van der Waals surface area contributed by atoms with Crippen LogP contribution in [0.3, 0.4) is 0 Å². The lowest BCUT2D eigenvalue weighted by atomic mass is 10.0. The quantitative estimate of drug-likeness (QED) is 0.492. The van der Waals surface area contributed by atoms with Gasteiger partial charge in [0, 0.05) is 68.3 Å². The number of para-hydroxylation sites is 1. The van der Waals surface area contributed by atoms with E-state index in [2.05, 4.69) is 22.9 Å². The average molecular weight is 491 g/mol. The number of benzene rings is 1. The first-order valence-electron chi connectivity index (χ1n) is 12.9. The van der Waals surface area contributed by atoms with Crippen molar-refractivity contribution in [2.24, 2.45) is 7.05 Å². The van der Waals surface area contributed by atoms with Crippen LogP contribution in [0.5, 0.6) is 0 Å². The maximum Gasteiger partial charge on any atom is 0.410 e. The molecule has 1 fully saturated rings. The van der Waals surface area contributed by atoms with E-state index in [0.717, 1.165) is 47.0 Å². The molecule has 36 heavy (non-hydrogen) atoms. The van der Waals surface area contributed by atoms with Crippen LogP contribution in [0.2, 0.25) is 0 Å². The molecule has 7 nitrogen and oxygen atoms in total. The Hall–Kier alpha value is -3.19. The molecule has 0 aliphatic carbocycles. The lowest BCUT2D eigenvalue weighted by Crippen LogP contribution is -2.50. The molecule has 0 saturated carbocycles. The largest absolute Gasteiger partial charge is 0.444 e. The molecule has 1 saturated heterocycles. The SMILES string of the molecule is CCc1cc(CN(Cc2cn(C)c3ccccc3c2=O)C2CCCN(C(=O)OC(C)(C)C)C2)ccn1. The second-order valence-electron chi connectivity index (χ2n) is 10.7. The molecular weight excluding hydrogens is 452 g/mol. The van der Waals surface area contributed by atoms with Gasteiger partial charge >= 0.3 is 6.09 Å². The summed E-state index contributed by atoms with van der Waals surface area (Å²) in [6.07, 6.45) is 6.26. The molecule has 1 aromatic carbocycles. The van der Waals surface area contributed by atoms with Crippen molar-refractivity contribution in [3.05, 3.63) is 75.8 Å². The molecule has 1 atom stereocenters. The second kappa shape index (κ2) is 10.8. The third-order valence-electron chi connectivity index (χ3n) is 6.74. The van der Waals surface area contributed by atoms with Crippen LogP contribution in [0.25, 0.3) is 10.9 Å². The summed E-state index contributed by atoms with van der Waals surface area (Å²) in [7, 11) is 1.98. The van der Waals surface area contributed by atoms with Crippen LogP contribution >= 0.6 is 0 Å². The van der Waals surface area contributed by atoms with Crippen LogP contribution in [0.1, 0.15) is 57.4 Å². The number of ether oxygens (including phenoxy) is 1. The molecule has 1 unspecified atom stereocenters. The standard InChI is InChI=1S/C29H38N4O3/c1-6-23-16-21(13-14-30-23)17-33(24-10-9-15-32(20-24)28(35)36-29(2,3)4)19-22-18-31(5)26-12-8-7-11-25(26)27(22)34/h7-8,11-14,16,18,24H,6,9-10,15,17,19-20H2,1-5H3. The molecule has 0 N–H and O–H groups in total. The van der Waals surface area contributed by atoms with Crippen molar-refractivity contribution in [1.82, 2.24) is 19.4 Å². The number of hydrogen-bond donors (Lipinski definition) is 0. The number of hydrogen-bond acceptors (Lipinski definition) is 5. The Balaban J connectivity index is 1.65. The highest BCUT2D eigenvalue weighted by Crippen LogP contribution is 2.23. The number of piperidine rings is 1. The number of aromatic nitrogens is 2. The number of carbonyl (C=O) groups excluding carboxylic acids is 1. The van der Waals surface area contributed by atoms with Gasteiger partial charge in [-0.2, -0.15) is 0 Å². The first-order valence-corrected chi connectivity index (χ1v) is 12.9. The highest BCUT2D eigenvalue weighted by molar-refractivity contribution is 5.79. The first kappa shape index (κ1) is 25.9. The first-order chi connectivity index (χ1) is 17.1. The zero-order valence-corrected chi connectivity index (χ0v) is 22.2. The zero-order valence-electron chi connectivity index (χ0n) is 22.2. The van der Waals surface area contributed by atoms with Gasteiger partial charge in [0.15, 0.2) is 5.43 Å². The number of pyridine rings is 2. The molecule has 7 heteroatoms. The Labute approximate surface area is 213 Å². The molecular formula is C29H38N4O3. The van der Waals surface area contributed by atoms with Crippen LogP contribution in [0.15, 0.2) is 53.6 Å². The molecule has 2 aromatic heterocycles. The van der Waals surface area contributed by atoms with Crippen molar-refractivity contribution < 1.29 is 9.53 Å². The third kappa shape index (κ3) is 6.13. The Bertz CT molecular complexity index is 1280. The highest BCUT2D eigenvalue weighted by atomic mass is 16.6. The minimum Gasteiger partial charge on any atom is -0.444 e. The molecule has 0 spiro atoms. The van der Waals surface area contributed by atoms with Crippen LogP contribution in [-0.4, -0.2) is 50.2 Å². The van der Waals surface area contributed by atoms with Crippen LogP contribution in [-0.2, 0) is 31.3 Å². The lowest BCUT2D eigenvalue weighted by Gasteiger charge is -2.40. The van der Waals surface area contributed by atoms with Gasteiger partial charge < -0.3 is 14.2 Å².